The second kappa shape index (κ2) is 9.98. The van der Waals surface area contributed by atoms with Gasteiger partial charge in [0, 0.05) is 80.2 Å². The van der Waals surface area contributed by atoms with Crippen LogP contribution in [0, 0.1) is 5.82 Å². The standard InChI is InChI=1S/C29H33F3N4O2/c1-2-25(37)35-11-12-36-24(17-35)27(34-28(36)19-5-9-29(31,32)10-6-19)26-21-16-33-23(18-7-13-38-14-8-18)15-20(21)3-4-22(26)30/h3-4,15-16,18-19H,2,5-14,17H2,1H3. The van der Waals surface area contributed by atoms with Crippen molar-refractivity contribution < 1.29 is 22.7 Å². The van der Waals surface area contributed by atoms with E-state index in [4.69, 9.17) is 14.7 Å². The molecule has 1 saturated carbocycles. The maximum atomic E-state index is 15.6. The molecule has 0 radical (unpaired) electrons. The molecule has 1 aromatic carbocycles. The first-order valence-electron chi connectivity index (χ1n) is 13.8. The van der Waals surface area contributed by atoms with Crippen molar-refractivity contribution in [2.24, 2.45) is 0 Å². The van der Waals surface area contributed by atoms with Crippen molar-refractivity contribution in [2.45, 2.75) is 82.7 Å². The van der Waals surface area contributed by atoms with Gasteiger partial charge in [-0.05, 0) is 43.2 Å². The van der Waals surface area contributed by atoms with Crippen molar-refractivity contribution in [3.63, 3.8) is 0 Å². The molecule has 1 saturated heterocycles. The second-order valence-electron chi connectivity index (χ2n) is 10.9. The molecule has 202 valence electrons. The summed E-state index contributed by atoms with van der Waals surface area (Å²) in [6, 6.07) is 5.28. The molecule has 3 aromatic rings. The van der Waals surface area contributed by atoms with Crippen LogP contribution in [0.15, 0.2) is 24.4 Å². The number of alkyl halides is 2. The fourth-order valence-electron chi connectivity index (χ4n) is 6.31. The summed E-state index contributed by atoms with van der Waals surface area (Å²) >= 11 is 0. The maximum Gasteiger partial charge on any atom is 0.248 e. The van der Waals surface area contributed by atoms with Crippen molar-refractivity contribution in [2.75, 3.05) is 19.8 Å². The summed E-state index contributed by atoms with van der Waals surface area (Å²) in [6.45, 7) is 4.62. The molecule has 0 N–H and O–H groups in total. The molecule has 0 bridgehead atoms. The fraction of sp³-hybridized carbons (Fsp3) is 0.552. The van der Waals surface area contributed by atoms with Gasteiger partial charge in [0.05, 0.1) is 17.9 Å². The average molecular weight is 527 g/mol. The summed E-state index contributed by atoms with van der Waals surface area (Å²) < 4.78 is 51.1. The number of carbonyl (C=O) groups is 1. The zero-order valence-corrected chi connectivity index (χ0v) is 21.7. The Morgan fingerprint density at radius 3 is 2.61 bits per heavy atom. The van der Waals surface area contributed by atoms with Gasteiger partial charge in [-0.3, -0.25) is 9.78 Å². The molecule has 9 heteroatoms. The highest BCUT2D eigenvalue weighted by Gasteiger charge is 2.39. The lowest BCUT2D eigenvalue weighted by atomic mass is 9.86. The summed E-state index contributed by atoms with van der Waals surface area (Å²) in [6.07, 6.45) is 4.29. The Labute approximate surface area is 220 Å². The SMILES string of the molecule is CCC(=O)N1CCn2c(C3CCC(F)(F)CC3)nc(-c3c(F)ccc4cc(C5CCOCC5)ncc34)c2C1. The van der Waals surface area contributed by atoms with Crippen LogP contribution in [0.3, 0.4) is 0 Å². The van der Waals surface area contributed by atoms with Crippen LogP contribution in [-0.4, -0.2) is 51.0 Å². The maximum absolute atomic E-state index is 15.6. The normalized spacial score (nSPS) is 20.6. The summed E-state index contributed by atoms with van der Waals surface area (Å²) in [5, 5.41) is 1.55. The average Bonchev–Trinajstić information content (AvgIpc) is 3.31. The molecular formula is C29H33F3N4O2. The first-order chi connectivity index (χ1) is 18.3. The van der Waals surface area contributed by atoms with Gasteiger partial charge in [0.1, 0.15) is 11.6 Å². The molecule has 1 aliphatic carbocycles. The number of carbonyl (C=O) groups excluding carboxylic acids is 1. The van der Waals surface area contributed by atoms with Crippen LogP contribution in [0.4, 0.5) is 13.2 Å². The third kappa shape index (κ3) is 4.59. The Kier molecular flexibility index (Phi) is 6.66. The van der Waals surface area contributed by atoms with Gasteiger partial charge in [-0.1, -0.05) is 13.0 Å². The van der Waals surface area contributed by atoms with E-state index in [-0.39, 0.29) is 24.7 Å². The van der Waals surface area contributed by atoms with Gasteiger partial charge in [0.2, 0.25) is 11.8 Å². The third-order valence-corrected chi connectivity index (χ3v) is 8.52. The number of pyridine rings is 1. The van der Waals surface area contributed by atoms with E-state index >= 15 is 4.39 Å². The molecule has 6 nitrogen and oxygen atoms in total. The van der Waals surface area contributed by atoms with Crippen LogP contribution >= 0.6 is 0 Å². The highest BCUT2D eigenvalue weighted by atomic mass is 19.3. The monoisotopic (exact) mass is 526 g/mol. The predicted molar refractivity (Wildman–Crippen MR) is 138 cm³/mol. The topological polar surface area (TPSA) is 60.2 Å². The molecule has 2 aliphatic heterocycles. The lowest BCUT2D eigenvalue weighted by Gasteiger charge is -2.32. The van der Waals surface area contributed by atoms with Crippen molar-refractivity contribution in [1.82, 2.24) is 19.4 Å². The van der Waals surface area contributed by atoms with Crippen LogP contribution in [0.25, 0.3) is 22.0 Å². The largest absolute Gasteiger partial charge is 0.381 e. The number of hydrogen-bond acceptors (Lipinski definition) is 4. The summed E-state index contributed by atoms with van der Waals surface area (Å²) in [5.41, 5.74) is 2.61. The van der Waals surface area contributed by atoms with Crippen LogP contribution in [0.1, 0.15) is 80.9 Å². The predicted octanol–water partition coefficient (Wildman–Crippen LogP) is 6.18. The highest BCUT2D eigenvalue weighted by Crippen LogP contribution is 2.43. The Morgan fingerprint density at radius 1 is 1.11 bits per heavy atom. The smallest absolute Gasteiger partial charge is 0.248 e. The molecule has 38 heavy (non-hydrogen) atoms. The van der Waals surface area contributed by atoms with Gasteiger partial charge in [-0.15, -0.1) is 0 Å². The molecule has 0 atom stereocenters. The quantitative estimate of drug-likeness (QED) is 0.408. The Hall–Kier alpha value is -2.94. The summed E-state index contributed by atoms with van der Waals surface area (Å²) in [7, 11) is 0. The van der Waals surface area contributed by atoms with Crippen molar-refractivity contribution >= 4 is 16.7 Å². The lowest BCUT2D eigenvalue weighted by molar-refractivity contribution is -0.132. The zero-order valence-electron chi connectivity index (χ0n) is 21.7. The first-order valence-corrected chi connectivity index (χ1v) is 13.8. The molecule has 1 amide bonds. The number of aromatic nitrogens is 3. The molecule has 2 fully saturated rings. The molecule has 3 aliphatic rings. The first kappa shape index (κ1) is 25.3. The molecule has 4 heterocycles. The number of hydrogen-bond donors (Lipinski definition) is 0. The Bertz CT molecular complexity index is 1360. The number of imidazole rings is 1. The minimum Gasteiger partial charge on any atom is -0.381 e. The van der Waals surface area contributed by atoms with Gasteiger partial charge in [-0.2, -0.15) is 0 Å². The van der Waals surface area contributed by atoms with Gasteiger partial charge >= 0.3 is 0 Å². The number of ether oxygens (including phenoxy) is 1. The van der Waals surface area contributed by atoms with E-state index in [1.807, 2.05) is 13.0 Å². The molecular weight excluding hydrogens is 493 g/mol. The number of fused-ring (bicyclic) bond motifs is 2. The van der Waals surface area contributed by atoms with E-state index in [2.05, 4.69) is 4.57 Å². The minimum absolute atomic E-state index is 0.0309. The van der Waals surface area contributed by atoms with Crippen molar-refractivity contribution in [1.29, 1.82) is 0 Å². The van der Waals surface area contributed by atoms with Crippen LogP contribution in [0.2, 0.25) is 0 Å². The number of halogens is 3. The van der Waals surface area contributed by atoms with E-state index in [1.54, 1.807) is 17.2 Å². The molecule has 2 aromatic heterocycles. The number of rotatable bonds is 4. The summed E-state index contributed by atoms with van der Waals surface area (Å²) in [4.78, 5) is 24.1. The summed E-state index contributed by atoms with van der Waals surface area (Å²) in [5.74, 6) is -2.09. The van der Waals surface area contributed by atoms with E-state index in [1.165, 1.54) is 6.07 Å². The fourth-order valence-corrected chi connectivity index (χ4v) is 6.31. The van der Waals surface area contributed by atoms with Gasteiger partial charge in [-0.25, -0.2) is 18.2 Å². The van der Waals surface area contributed by atoms with Gasteiger partial charge < -0.3 is 14.2 Å². The zero-order chi connectivity index (χ0) is 26.4. The number of benzene rings is 1. The van der Waals surface area contributed by atoms with E-state index in [0.717, 1.165) is 35.4 Å². The third-order valence-electron chi connectivity index (χ3n) is 8.52. The van der Waals surface area contributed by atoms with Crippen LogP contribution < -0.4 is 0 Å². The Balaban J connectivity index is 1.46. The lowest BCUT2D eigenvalue weighted by Crippen LogP contribution is -2.38. The van der Waals surface area contributed by atoms with E-state index < -0.39 is 11.7 Å². The van der Waals surface area contributed by atoms with E-state index in [0.29, 0.717) is 74.7 Å². The van der Waals surface area contributed by atoms with Crippen LogP contribution in [-0.2, 0) is 22.6 Å². The number of amides is 1. The Morgan fingerprint density at radius 2 is 1.87 bits per heavy atom. The van der Waals surface area contributed by atoms with Gasteiger partial charge in [0.25, 0.3) is 0 Å². The molecule has 0 spiro atoms. The highest BCUT2D eigenvalue weighted by molar-refractivity contribution is 5.96. The number of nitrogens with zero attached hydrogens (tertiary/aromatic N) is 4. The minimum atomic E-state index is -2.64. The van der Waals surface area contributed by atoms with Crippen molar-refractivity contribution in [3.05, 3.63) is 47.4 Å². The molecule has 6 rings (SSSR count). The van der Waals surface area contributed by atoms with Crippen LogP contribution in [0.5, 0.6) is 0 Å². The second-order valence-corrected chi connectivity index (χ2v) is 10.9. The van der Waals surface area contributed by atoms with Gasteiger partial charge in [0.15, 0.2) is 0 Å². The van der Waals surface area contributed by atoms with E-state index in [9.17, 15) is 13.6 Å². The molecule has 0 unspecified atom stereocenters. The van der Waals surface area contributed by atoms with Crippen molar-refractivity contribution in [3.8, 4) is 11.3 Å².